The monoisotopic (exact) mass is 342 g/mol. The first-order valence-corrected chi connectivity index (χ1v) is 7.50. The zero-order valence-corrected chi connectivity index (χ0v) is 14.1. The summed E-state index contributed by atoms with van der Waals surface area (Å²) in [4.78, 5) is 0. The van der Waals surface area contributed by atoms with Crippen molar-refractivity contribution < 1.29 is 18.9 Å². The van der Waals surface area contributed by atoms with Gasteiger partial charge in [-0.25, -0.2) is 0 Å². The van der Waals surface area contributed by atoms with Gasteiger partial charge in [0, 0.05) is 12.7 Å². The minimum Gasteiger partial charge on any atom is -0.497 e. The van der Waals surface area contributed by atoms with Crippen LogP contribution in [0.4, 0.5) is 0 Å². The number of allylic oxidation sites excluding steroid dienone is 1. The molecule has 1 aromatic carbocycles. The number of hydrogen-bond donors (Lipinski definition) is 2. The molecule has 0 radical (unpaired) electrons. The number of nitrogens with zero attached hydrogens (tertiary/aromatic N) is 2. The Morgan fingerprint density at radius 3 is 2.76 bits per heavy atom. The SMILES string of the molecule is COCc1[nH]nc2c1[C@@H](c1cc(OC)ccc1OC)C(C#N)=C(N)O2. The molecule has 130 valence electrons. The number of aromatic amines is 1. The van der Waals surface area contributed by atoms with Gasteiger partial charge in [0.05, 0.1) is 38.0 Å². The van der Waals surface area contributed by atoms with Gasteiger partial charge < -0.3 is 24.7 Å². The van der Waals surface area contributed by atoms with Crippen molar-refractivity contribution in [1.29, 1.82) is 5.26 Å². The van der Waals surface area contributed by atoms with Gasteiger partial charge in [-0.2, -0.15) is 5.26 Å². The third kappa shape index (κ3) is 2.75. The maximum atomic E-state index is 9.67. The smallest absolute Gasteiger partial charge is 0.244 e. The molecule has 1 atom stereocenters. The molecule has 2 aromatic rings. The average Bonchev–Trinajstić information content (AvgIpc) is 3.02. The van der Waals surface area contributed by atoms with Crippen LogP contribution in [0.25, 0.3) is 0 Å². The molecule has 8 heteroatoms. The van der Waals surface area contributed by atoms with E-state index in [0.717, 1.165) is 5.56 Å². The number of rotatable bonds is 5. The van der Waals surface area contributed by atoms with Crippen LogP contribution in [-0.2, 0) is 11.3 Å². The van der Waals surface area contributed by atoms with E-state index >= 15 is 0 Å². The van der Waals surface area contributed by atoms with Gasteiger partial charge in [0.25, 0.3) is 0 Å². The topological polar surface area (TPSA) is 115 Å². The van der Waals surface area contributed by atoms with Gasteiger partial charge in [-0.05, 0) is 18.2 Å². The van der Waals surface area contributed by atoms with Crippen LogP contribution in [0.5, 0.6) is 17.4 Å². The molecule has 0 amide bonds. The summed E-state index contributed by atoms with van der Waals surface area (Å²) in [5, 5.41) is 16.7. The van der Waals surface area contributed by atoms with Gasteiger partial charge in [0.2, 0.25) is 11.8 Å². The van der Waals surface area contributed by atoms with Crippen LogP contribution < -0.4 is 19.9 Å². The number of nitriles is 1. The average molecular weight is 342 g/mol. The summed E-state index contributed by atoms with van der Waals surface area (Å²) >= 11 is 0. The summed E-state index contributed by atoms with van der Waals surface area (Å²) in [6.45, 7) is 0.285. The molecule has 0 bridgehead atoms. The number of aromatic nitrogens is 2. The van der Waals surface area contributed by atoms with Crippen LogP contribution in [0.1, 0.15) is 22.7 Å². The van der Waals surface area contributed by atoms with E-state index < -0.39 is 5.92 Å². The van der Waals surface area contributed by atoms with Crippen molar-refractivity contribution in [3.63, 3.8) is 0 Å². The van der Waals surface area contributed by atoms with E-state index in [-0.39, 0.29) is 18.1 Å². The molecule has 25 heavy (non-hydrogen) atoms. The van der Waals surface area contributed by atoms with Gasteiger partial charge >= 0.3 is 0 Å². The van der Waals surface area contributed by atoms with Crippen molar-refractivity contribution >= 4 is 0 Å². The highest BCUT2D eigenvalue weighted by molar-refractivity contribution is 5.59. The molecule has 1 aromatic heterocycles. The number of fused-ring (bicyclic) bond motifs is 1. The standard InChI is InChI=1S/C17H18N4O4/c1-22-8-12-15-14(10-6-9(23-2)4-5-13(10)24-3)11(7-18)16(19)25-17(15)21-20-12/h4-6,14H,8,19H2,1-3H3,(H,20,21)/t14-/m0/s1. The fraction of sp³-hybridized carbons (Fsp3) is 0.294. The lowest BCUT2D eigenvalue weighted by Crippen LogP contribution is -2.21. The van der Waals surface area contributed by atoms with E-state index in [4.69, 9.17) is 24.7 Å². The molecular formula is C17H18N4O4. The Labute approximate surface area is 144 Å². The number of nitrogens with one attached hydrogen (secondary N) is 1. The van der Waals surface area contributed by atoms with Gasteiger partial charge in [-0.1, -0.05) is 0 Å². The van der Waals surface area contributed by atoms with Gasteiger partial charge in [-0.15, -0.1) is 5.10 Å². The molecule has 0 unspecified atom stereocenters. The van der Waals surface area contributed by atoms with Crippen molar-refractivity contribution in [2.75, 3.05) is 21.3 Å². The van der Waals surface area contributed by atoms with E-state index in [1.54, 1.807) is 33.5 Å². The lowest BCUT2D eigenvalue weighted by Gasteiger charge is -2.25. The van der Waals surface area contributed by atoms with Gasteiger partial charge in [-0.3, -0.25) is 5.10 Å². The molecule has 1 aliphatic heterocycles. The van der Waals surface area contributed by atoms with Crippen LogP contribution in [-0.4, -0.2) is 31.5 Å². The summed E-state index contributed by atoms with van der Waals surface area (Å²) in [6, 6.07) is 7.52. The van der Waals surface area contributed by atoms with E-state index in [9.17, 15) is 5.26 Å². The maximum Gasteiger partial charge on any atom is 0.244 e. The third-order valence-corrected chi connectivity index (χ3v) is 4.05. The van der Waals surface area contributed by atoms with E-state index in [0.29, 0.717) is 28.6 Å². The second kappa shape index (κ2) is 6.75. The highest BCUT2D eigenvalue weighted by Crippen LogP contribution is 2.46. The predicted octanol–water partition coefficient (Wildman–Crippen LogP) is 1.79. The molecule has 3 N–H and O–H groups in total. The second-order valence-corrected chi connectivity index (χ2v) is 5.39. The van der Waals surface area contributed by atoms with Crippen molar-refractivity contribution in [2.24, 2.45) is 5.73 Å². The van der Waals surface area contributed by atoms with Gasteiger partial charge in [0.1, 0.15) is 23.1 Å². The van der Waals surface area contributed by atoms with E-state index in [2.05, 4.69) is 16.3 Å². The lowest BCUT2D eigenvalue weighted by atomic mass is 9.83. The van der Waals surface area contributed by atoms with Crippen LogP contribution in [0.2, 0.25) is 0 Å². The van der Waals surface area contributed by atoms with E-state index in [1.807, 2.05) is 6.07 Å². The molecular weight excluding hydrogens is 324 g/mol. The first kappa shape index (κ1) is 16.7. The van der Waals surface area contributed by atoms with Crippen LogP contribution in [0, 0.1) is 11.3 Å². The minimum atomic E-state index is -0.511. The quantitative estimate of drug-likeness (QED) is 0.851. The largest absolute Gasteiger partial charge is 0.497 e. The molecule has 0 saturated heterocycles. The Balaban J connectivity index is 2.27. The highest BCUT2D eigenvalue weighted by Gasteiger charge is 2.36. The number of hydrogen-bond acceptors (Lipinski definition) is 7. The number of methoxy groups -OCH3 is 3. The number of benzene rings is 1. The number of nitrogens with two attached hydrogens (primary N) is 1. The Morgan fingerprint density at radius 2 is 2.12 bits per heavy atom. The minimum absolute atomic E-state index is 0.0142. The summed E-state index contributed by atoms with van der Waals surface area (Å²) in [7, 11) is 4.72. The highest BCUT2D eigenvalue weighted by atomic mass is 16.5. The Morgan fingerprint density at radius 1 is 1.32 bits per heavy atom. The fourth-order valence-electron chi connectivity index (χ4n) is 2.94. The van der Waals surface area contributed by atoms with Crippen LogP contribution >= 0.6 is 0 Å². The summed E-state index contributed by atoms with van der Waals surface area (Å²) in [6.07, 6.45) is 0. The van der Waals surface area contributed by atoms with Crippen LogP contribution in [0.15, 0.2) is 29.7 Å². The summed E-state index contributed by atoms with van der Waals surface area (Å²) in [5.74, 6) is 1.06. The fourth-order valence-corrected chi connectivity index (χ4v) is 2.94. The Bertz CT molecular complexity index is 866. The van der Waals surface area contributed by atoms with Gasteiger partial charge in [0.15, 0.2) is 0 Å². The maximum absolute atomic E-state index is 9.67. The third-order valence-electron chi connectivity index (χ3n) is 4.05. The summed E-state index contributed by atoms with van der Waals surface area (Å²) in [5.41, 5.74) is 8.35. The summed E-state index contributed by atoms with van der Waals surface area (Å²) < 4.78 is 21.5. The van der Waals surface area contributed by atoms with Crippen molar-refractivity contribution in [2.45, 2.75) is 12.5 Å². The molecule has 8 nitrogen and oxygen atoms in total. The van der Waals surface area contributed by atoms with Crippen molar-refractivity contribution in [3.8, 4) is 23.4 Å². The molecule has 2 heterocycles. The molecule has 0 saturated carbocycles. The zero-order chi connectivity index (χ0) is 18.0. The molecule has 0 aliphatic carbocycles. The molecule has 0 spiro atoms. The molecule has 1 aliphatic rings. The molecule has 0 fully saturated rings. The first-order valence-electron chi connectivity index (χ1n) is 7.50. The Hall–Kier alpha value is -3.18. The predicted molar refractivity (Wildman–Crippen MR) is 88.1 cm³/mol. The molecule has 3 rings (SSSR count). The van der Waals surface area contributed by atoms with E-state index in [1.165, 1.54) is 0 Å². The first-order chi connectivity index (χ1) is 12.1. The lowest BCUT2D eigenvalue weighted by molar-refractivity contribution is 0.180. The van der Waals surface area contributed by atoms with Crippen molar-refractivity contribution in [3.05, 3.63) is 46.5 Å². The van der Waals surface area contributed by atoms with Crippen LogP contribution in [0.3, 0.4) is 0 Å². The normalized spacial score (nSPS) is 16.0. The zero-order valence-electron chi connectivity index (χ0n) is 14.1. The number of H-pyrrole nitrogens is 1. The Kier molecular flexibility index (Phi) is 4.50. The van der Waals surface area contributed by atoms with Crippen molar-refractivity contribution in [1.82, 2.24) is 10.2 Å². The number of ether oxygens (including phenoxy) is 4. The second-order valence-electron chi connectivity index (χ2n) is 5.39.